The van der Waals surface area contributed by atoms with Gasteiger partial charge in [-0.1, -0.05) is 22.0 Å². The summed E-state index contributed by atoms with van der Waals surface area (Å²) in [5.41, 5.74) is 2.31. The number of nitrogens with one attached hydrogen (secondary N) is 1. The van der Waals surface area contributed by atoms with Crippen LogP contribution in [0.2, 0.25) is 0 Å². The van der Waals surface area contributed by atoms with Gasteiger partial charge in [0, 0.05) is 11.0 Å². The van der Waals surface area contributed by atoms with Gasteiger partial charge in [0.15, 0.2) is 11.5 Å². The van der Waals surface area contributed by atoms with Crippen molar-refractivity contribution in [2.45, 2.75) is 13.5 Å². The lowest BCUT2D eigenvalue weighted by Gasteiger charge is -2.11. The summed E-state index contributed by atoms with van der Waals surface area (Å²) in [6.07, 6.45) is 0. The molecule has 2 aromatic carbocycles. The summed E-state index contributed by atoms with van der Waals surface area (Å²) < 4.78 is 6.22. The molecule has 0 heterocycles. The molecule has 108 valence electrons. The maximum atomic E-state index is 9.67. The topological polar surface area (TPSA) is 65.3 Å². The second-order valence-corrected chi connectivity index (χ2v) is 5.31. The van der Waals surface area contributed by atoms with Crippen LogP contribution in [0.5, 0.6) is 11.5 Å². The molecule has 2 aromatic rings. The van der Waals surface area contributed by atoms with Gasteiger partial charge < -0.3 is 15.2 Å². The minimum absolute atomic E-state index is 0.127. The third-order valence-electron chi connectivity index (χ3n) is 2.91. The molecule has 2 N–H and O–H groups in total. The summed E-state index contributed by atoms with van der Waals surface area (Å²) in [4.78, 5) is 0. The largest absolute Gasteiger partial charge is 0.504 e. The second kappa shape index (κ2) is 7.00. The number of anilines is 1. The molecule has 0 atom stereocenters. The molecule has 21 heavy (non-hydrogen) atoms. The Kier molecular flexibility index (Phi) is 5.07. The van der Waals surface area contributed by atoms with Crippen molar-refractivity contribution < 1.29 is 9.84 Å². The maximum Gasteiger partial charge on any atom is 0.161 e. The number of phenols is 1. The van der Waals surface area contributed by atoms with E-state index >= 15 is 0 Å². The summed E-state index contributed by atoms with van der Waals surface area (Å²) in [7, 11) is 0. The summed E-state index contributed by atoms with van der Waals surface area (Å²) in [5.74, 6) is 0.593. The Morgan fingerprint density at radius 1 is 1.29 bits per heavy atom. The number of benzene rings is 2. The van der Waals surface area contributed by atoms with Gasteiger partial charge in [0.05, 0.1) is 17.9 Å². The van der Waals surface area contributed by atoms with Gasteiger partial charge in [-0.15, -0.1) is 0 Å². The van der Waals surface area contributed by atoms with Crippen LogP contribution >= 0.6 is 15.9 Å². The van der Waals surface area contributed by atoms with Crippen LogP contribution in [0.25, 0.3) is 0 Å². The zero-order valence-corrected chi connectivity index (χ0v) is 13.1. The van der Waals surface area contributed by atoms with E-state index < -0.39 is 0 Å². The molecule has 0 aliphatic heterocycles. The smallest absolute Gasteiger partial charge is 0.161 e. The summed E-state index contributed by atoms with van der Waals surface area (Å²) in [5, 5.41) is 22.0. The molecule has 0 unspecified atom stereocenters. The molecule has 0 fully saturated rings. The second-order valence-electron chi connectivity index (χ2n) is 4.39. The predicted molar refractivity (Wildman–Crippen MR) is 85.5 cm³/mol. The van der Waals surface area contributed by atoms with E-state index in [1.54, 1.807) is 18.2 Å². The molecule has 4 nitrogen and oxygen atoms in total. The molecule has 0 aliphatic carbocycles. The van der Waals surface area contributed by atoms with E-state index in [4.69, 9.17) is 10.00 Å². The fraction of sp³-hybridized carbons (Fsp3) is 0.188. The molecular weight excluding hydrogens is 332 g/mol. The minimum Gasteiger partial charge on any atom is -0.504 e. The number of nitriles is 1. The van der Waals surface area contributed by atoms with E-state index in [2.05, 4.69) is 27.3 Å². The van der Waals surface area contributed by atoms with Gasteiger partial charge in [0.1, 0.15) is 6.07 Å². The standard InChI is InChI=1S/C16H15BrN2O2/c1-2-21-16-7-11(3-6-15(16)20)10-19-14-5-4-13(17)8-12(14)9-18/h3-8,19-20H,2,10H2,1H3. The van der Waals surface area contributed by atoms with Crippen molar-refractivity contribution in [2.24, 2.45) is 0 Å². The Bertz CT molecular complexity index is 680. The third-order valence-corrected chi connectivity index (χ3v) is 3.40. The lowest BCUT2D eigenvalue weighted by atomic mass is 10.1. The van der Waals surface area contributed by atoms with Crippen molar-refractivity contribution in [2.75, 3.05) is 11.9 Å². The number of phenolic OH excluding ortho intramolecular Hbond substituents is 1. The normalized spacial score (nSPS) is 9.95. The van der Waals surface area contributed by atoms with Crippen molar-refractivity contribution in [3.05, 3.63) is 52.0 Å². The molecule has 5 heteroatoms. The van der Waals surface area contributed by atoms with Gasteiger partial charge in [-0.25, -0.2) is 0 Å². The Hall–Kier alpha value is -2.19. The molecule has 0 amide bonds. The van der Waals surface area contributed by atoms with E-state index in [1.165, 1.54) is 0 Å². The van der Waals surface area contributed by atoms with Crippen LogP contribution in [0.1, 0.15) is 18.1 Å². The molecule has 0 saturated heterocycles. The number of hydrogen-bond donors (Lipinski definition) is 2. The van der Waals surface area contributed by atoms with Crippen molar-refractivity contribution in [1.29, 1.82) is 5.26 Å². The molecule has 0 aliphatic rings. The average molecular weight is 347 g/mol. The van der Waals surface area contributed by atoms with Gasteiger partial charge in [-0.3, -0.25) is 0 Å². The molecule has 2 rings (SSSR count). The molecule has 0 bridgehead atoms. The highest BCUT2D eigenvalue weighted by atomic mass is 79.9. The molecule has 0 aromatic heterocycles. The van der Waals surface area contributed by atoms with Gasteiger partial charge in [0.2, 0.25) is 0 Å². The molecule has 0 spiro atoms. The van der Waals surface area contributed by atoms with E-state index in [0.717, 1.165) is 15.7 Å². The molecular formula is C16H15BrN2O2. The van der Waals surface area contributed by atoms with Crippen LogP contribution in [-0.4, -0.2) is 11.7 Å². The minimum atomic E-state index is 0.127. The highest BCUT2D eigenvalue weighted by molar-refractivity contribution is 9.10. The molecule has 0 saturated carbocycles. The number of nitrogens with zero attached hydrogens (tertiary/aromatic N) is 1. The zero-order valence-electron chi connectivity index (χ0n) is 11.6. The van der Waals surface area contributed by atoms with Crippen LogP contribution < -0.4 is 10.1 Å². The Morgan fingerprint density at radius 3 is 2.81 bits per heavy atom. The van der Waals surface area contributed by atoms with Crippen LogP contribution in [0.15, 0.2) is 40.9 Å². The molecule has 0 radical (unpaired) electrons. The zero-order chi connectivity index (χ0) is 15.2. The number of halogens is 1. The Labute approximate surface area is 132 Å². The highest BCUT2D eigenvalue weighted by Gasteiger charge is 2.05. The summed E-state index contributed by atoms with van der Waals surface area (Å²) >= 11 is 3.34. The van der Waals surface area contributed by atoms with Crippen LogP contribution in [0, 0.1) is 11.3 Å². The monoisotopic (exact) mass is 346 g/mol. The lowest BCUT2D eigenvalue weighted by molar-refractivity contribution is 0.318. The van der Waals surface area contributed by atoms with Crippen LogP contribution in [0.4, 0.5) is 5.69 Å². The van der Waals surface area contributed by atoms with Crippen molar-refractivity contribution >= 4 is 21.6 Å². The first-order chi connectivity index (χ1) is 10.1. The fourth-order valence-corrected chi connectivity index (χ4v) is 2.26. The lowest BCUT2D eigenvalue weighted by Crippen LogP contribution is -2.02. The van der Waals surface area contributed by atoms with E-state index in [0.29, 0.717) is 24.5 Å². The maximum absolute atomic E-state index is 9.67. The third kappa shape index (κ3) is 3.89. The van der Waals surface area contributed by atoms with Crippen molar-refractivity contribution in [3.63, 3.8) is 0 Å². The number of aromatic hydroxyl groups is 1. The van der Waals surface area contributed by atoms with E-state index in [9.17, 15) is 5.11 Å². The fourth-order valence-electron chi connectivity index (χ4n) is 1.90. The van der Waals surface area contributed by atoms with Crippen molar-refractivity contribution in [1.82, 2.24) is 0 Å². The van der Waals surface area contributed by atoms with Crippen molar-refractivity contribution in [3.8, 4) is 17.6 Å². The number of hydrogen-bond acceptors (Lipinski definition) is 4. The average Bonchev–Trinajstić information content (AvgIpc) is 2.49. The van der Waals surface area contributed by atoms with Gasteiger partial charge in [-0.2, -0.15) is 5.26 Å². The first-order valence-electron chi connectivity index (χ1n) is 6.52. The van der Waals surface area contributed by atoms with E-state index in [1.807, 2.05) is 25.1 Å². The Balaban J connectivity index is 2.13. The van der Waals surface area contributed by atoms with Gasteiger partial charge in [-0.05, 0) is 42.8 Å². The first-order valence-corrected chi connectivity index (χ1v) is 7.31. The summed E-state index contributed by atoms with van der Waals surface area (Å²) in [6, 6.07) is 12.9. The highest BCUT2D eigenvalue weighted by Crippen LogP contribution is 2.27. The van der Waals surface area contributed by atoms with Crippen LogP contribution in [-0.2, 0) is 6.54 Å². The van der Waals surface area contributed by atoms with Gasteiger partial charge >= 0.3 is 0 Å². The quantitative estimate of drug-likeness (QED) is 0.857. The Morgan fingerprint density at radius 2 is 2.10 bits per heavy atom. The number of rotatable bonds is 5. The predicted octanol–water partition coefficient (Wildman–Crippen LogP) is 4.04. The summed E-state index contributed by atoms with van der Waals surface area (Å²) in [6.45, 7) is 2.90. The number of ether oxygens (including phenoxy) is 1. The first kappa shape index (κ1) is 15.2. The van der Waals surface area contributed by atoms with Crippen LogP contribution in [0.3, 0.4) is 0 Å². The van der Waals surface area contributed by atoms with E-state index in [-0.39, 0.29) is 5.75 Å². The SMILES string of the molecule is CCOc1cc(CNc2ccc(Br)cc2C#N)ccc1O. The van der Waals surface area contributed by atoms with Gasteiger partial charge in [0.25, 0.3) is 0 Å².